The zero-order valence-electron chi connectivity index (χ0n) is 17.6. The molecule has 3 heterocycles. The van der Waals surface area contributed by atoms with Crippen molar-refractivity contribution < 1.29 is 19.4 Å². The maximum absolute atomic E-state index is 13.1. The summed E-state index contributed by atoms with van der Waals surface area (Å²) in [5, 5.41) is 11.0. The summed E-state index contributed by atoms with van der Waals surface area (Å²) >= 11 is 0. The number of likely N-dealkylation sites (tertiary alicyclic amines) is 1. The first-order chi connectivity index (χ1) is 15.6. The number of amides is 1. The van der Waals surface area contributed by atoms with Gasteiger partial charge in [-0.25, -0.2) is 0 Å². The molecule has 0 aliphatic carbocycles. The predicted octanol–water partition coefficient (Wildman–Crippen LogP) is 3.89. The number of carbonyl (C=O) groups is 2. The van der Waals surface area contributed by atoms with Gasteiger partial charge in [0.15, 0.2) is 0 Å². The highest BCUT2D eigenvalue weighted by Crippen LogP contribution is 2.41. The summed E-state index contributed by atoms with van der Waals surface area (Å²) in [7, 11) is 0. The quantitative estimate of drug-likeness (QED) is 0.348. The second-order valence-corrected chi connectivity index (χ2v) is 7.45. The molecule has 1 saturated heterocycles. The van der Waals surface area contributed by atoms with Crippen LogP contribution in [0.4, 0.5) is 0 Å². The Morgan fingerprint density at radius 2 is 1.88 bits per heavy atom. The normalized spacial score (nSPS) is 17.5. The summed E-state index contributed by atoms with van der Waals surface area (Å²) in [5.74, 6) is -0.994. The minimum Gasteiger partial charge on any atom is -0.507 e. The van der Waals surface area contributed by atoms with Gasteiger partial charge in [0.2, 0.25) is 0 Å². The largest absolute Gasteiger partial charge is 0.507 e. The van der Waals surface area contributed by atoms with E-state index in [-0.39, 0.29) is 17.9 Å². The molecule has 0 bridgehead atoms. The van der Waals surface area contributed by atoms with Crippen LogP contribution < -0.4 is 4.74 Å². The minimum atomic E-state index is -0.770. The lowest BCUT2D eigenvalue weighted by atomic mass is 9.95. The molecule has 7 nitrogen and oxygen atoms in total. The highest BCUT2D eigenvalue weighted by molar-refractivity contribution is 6.46. The van der Waals surface area contributed by atoms with Crippen molar-refractivity contribution >= 4 is 17.4 Å². The standard InChI is InChI=1S/C25H23N3O4/c1-2-13-32-20-7-3-6-19(14-20)22-21(23(29)18-8-11-26-12-9-18)24(30)25(31)28(22)16-17-5-4-10-27-15-17/h3-12,14-15,22,29H,2,13,16H2,1H3. The molecule has 1 unspecified atom stereocenters. The number of hydrogen-bond donors (Lipinski definition) is 1. The number of Topliss-reactive ketones (excluding diaryl/α,β-unsaturated/α-hetero) is 1. The Bertz CT molecular complexity index is 1150. The van der Waals surface area contributed by atoms with Gasteiger partial charge in [-0.2, -0.15) is 0 Å². The average molecular weight is 429 g/mol. The van der Waals surface area contributed by atoms with Crippen molar-refractivity contribution in [1.82, 2.24) is 14.9 Å². The third kappa shape index (κ3) is 4.23. The Morgan fingerprint density at radius 1 is 1.06 bits per heavy atom. The van der Waals surface area contributed by atoms with Gasteiger partial charge >= 0.3 is 0 Å². The number of aliphatic hydroxyl groups is 1. The van der Waals surface area contributed by atoms with Crippen molar-refractivity contribution in [2.75, 3.05) is 6.61 Å². The van der Waals surface area contributed by atoms with E-state index < -0.39 is 17.7 Å². The highest BCUT2D eigenvalue weighted by Gasteiger charge is 2.46. The fourth-order valence-electron chi connectivity index (χ4n) is 3.74. The molecule has 1 aliphatic heterocycles. The Balaban J connectivity index is 1.83. The zero-order valence-corrected chi connectivity index (χ0v) is 17.6. The first-order valence-corrected chi connectivity index (χ1v) is 10.4. The number of rotatable bonds is 7. The van der Waals surface area contributed by atoms with Crippen molar-refractivity contribution in [1.29, 1.82) is 0 Å². The van der Waals surface area contributed by atoms with Gasteiger partial charge in [0.25, 0.3) is 11.7 Å². The number of carbonyl (C=O) groups excluding carboxylic acids is 2. The molecule has 0 saturated carbocycles. The van der Waals surface area contributed by atoms with Crippen LogP contribution >= 0.6 is 0 Å². The molecule has 1 aromatic carbocycles. The average Bonchev–Trinajstić information content (AvgIpc) is 3.08. The molecular weight excluding hydrogens is 406 g/mol. The summed E-state index contributed by atoms with van der Waals surface area (Å²) in [5.41, 5.74) is 1.92. The number of ketones is 1. The lowest BCUT2D eigenvalue weighted by molar-refractivity contribution is -0.140. The second-order valence-electron chi connectivity index (χ2n) is 7.45. The van der Waals surface area contributed by atoms with Crippen molar-refractivity contribution in [2.45, 2.75) is 25.9 Å². The number of ether oxygens (including phenoxy) is 1. The molecule has 2 aromatic heterocycles. The van der Waals surface area contributed by atoms with E-state index in [0.29, 0.717) is 23.5 Å². The van der Waals surface area contributed by atoms with Crippen LogP contribution in [0.2, 0.25) is 0 Å². The molecular formula is C25H23N3O4. The summed E-state index contributed by atoms with van der Waals surface area (Å²) < 4.78 is 5.76. The Kier molecular flexibility index (Phi) is 6.26. The monoisotopic (exact) mass is 429 g/mol. The van der Waals surface area contributed by atoms with E-state index in [0.717, 1.165) is 12.0 Å². The van der Waals surface area contributed by atoms with Crippen LogP contribution in [-0.4, -0.2) is 38.3 Å². The molecule has 162 valence electrons. The maximum atomic E-state index is 13.1. The van der Waals surface area contributed by atoms with Crippen LogP contribution in [0.1, 0.15) is 36.1 Å². The van der Waals surface area contributed by atoms with Gasteiger partial charge in [0.1, 0.15) is 11.5 Å². The molecule has 1 fully saturated rings. The molecule has 7 heteroatoms. The Hall–Kier alpha value is -4.00. The van der Waals surface area contributed by atoms with Crippen molar-refractivity contribution in [3.8, 4) is 5.75 Å². The van der Waals surface area contributed by atoms with Gasteiger partial charge in [-0.3, -0.25) is 19.6 Å². The molecule has 32 heavy (non-hydrogen) atoms. The Labute approximate surface area is 186 Å². The molecule has 0 spiro atoms. The number of aliphatic hydroxyl groups excluding tert-OH is 1. The first kappa shape index (κ1) is 21.2. The zero-order chi connectivity index (χ0) is 22.5. The number of nitrogens with zero attached hydrogens (tertiary/aromatic N) is 3. The van der Waals surface area contributed by atoms with Gasteiger partial charge < -0.3 is 14.7 Å². The Morgan fingerprint density at radius 3 is 2.59 bits per heavy atom. The lowest BCUT2D eigenvalue weighted by Gasteiger charge is -2.25. The third-order valence-electron chi connectivity index (χ3n) is 5.22. The third-order valence-corrected chi connectivity index (χ3v) is 5.22. The minimum absolute atomic E-state index is 0.0396. The molecule has 4 rings (SSSR count). The van der Waals surface area contributed by atoms with E-state index in [1.54, 1.807) is 30.6 Å². The van der Waals surface area contributed by atoms with E-state index in [1.807, 2.05) is 37.3 Å². The summed E-state index contributed by atoms with van der Waals surface area (Å²) in [4.78, 5) is 35.7. The molecule has 1 atom stereocenters. The SMILES string of the molecule is CCCOc1cccc(C2C(=C(O)c3ccncc3)C(=O)C(=O)N2Cc2cccnc2)c1. The van der Waals surface area contributed by atoms with Crippen LogP contribution in [0.5, 0.6) is 5.75 Å². The van der Waals surface area contributed by atoms with Crippen LogP contribution in [0.3, 0.4) is 0 Å². The second kappa shape index (κ2) is 9.43. The highest BCUT2D eigenvalue weighted by atomic mass is 16.5. The van der Waals surface area contributed by atoms with Crippen molar-refractivity contribution in [3.05, 3.63) is 95.6 Å². The van der Waals surface area contributed by atoms with Crippen molar-refractivity contribution in [2.24, 2.45) is 0 Å². The van der Waals surface area contributed by atoms with E-state index in [1.165, 1.54) is 17.3 Å². The predicted molar refractivity (Wildman–Crippen MR) is 119 cm³/mol. The van der Waals surface area contributed by atoms with Gasteiger partial charge in [-0.15, -0.1) is 0 Å². The number of hydrogen-bond acceptors (Lipinski definition) is 6. The van der Waals surface area contributed by atoms with Crippen LogP contribution in [0.15, 0.2) is 78.9 Å². The lowest BCUT2D eigenvalue weighted by Crippen LogP contribution is -2.29. The van der Waals surface area contributed by atoms with Gasteiger partial charge in [-0.1, -0.05) is 25.1 Å². The van der Waals surface area contributed by atoms with Gasteiger partial charge in [-0.05, 0) is 47.9 Å². The number of aromatic nitrogens is 2. The van der Waals surface area contributed by atoms with E-state index in [2.05, 4.69) is 9.97 Å². The topological polar surface area (TPSA) is 92.6 Å². The molecule has 3 aromatic rings. The van der Waals surface area contributed by atoms with Gasteiger partial charge in [0.05, 0.1) is 18.2 Å². The van der Waals surface area contributed by atoms with Crippen LogP contribution in [-0.2, 0) is 16.1 Å². The summed E-state index contributed by atoms with van der Waals surface area (Å²) in [6, 6.07) is 13.3. The van der Waals surface area contributed by atoms with E-state index >= 15 is 0 Å². The summed E-state index contributed by atoms with van der Waals surface area (Å²) in [6.45, 7) is 2.74. The smallest absolute Gasteiger partial charge is 0.295 e. The number of benzene rings is 1. The maximum Gasteiger partial charge on any atom is 0.295 e. The van der Waals surface area contributed by atoms with Crippen molar-refractivity contribution in [3.63, 3.8) is 0 Å². The fraction of sp³-hybridized carbons (Fsp3) is 0.200. The van der Waals surface area contributed by atoms with E-state index in [4.69, 9.17) is 4.74 Å². The van der Waals surface area contributed by atoms with Crippen LogP contribution in [0, 0.1) is 0 Å². The van der Waals surface area contributed by atoms with Gasteiger partial charge in [0, 0.05) is 36.9 Å². The fourth-order valence-corrected chi connectivity index (χ4v) is 3.74. The first-order valence-electron chi connectivity index (χ1n) is 10.4. The number of pyridine rings is 2. The summed E-state index contributed by atoms with van der Waals surface area (Å²) in [6.07, 6.45) is 7.20. The van der Waals surface area contributed by atoms with E-state index in [9.17, 15) is 14.7 Å². The molecule has 0 radical (unpaired) electrons. The molecule has 1 N–H and O–H groups in total. The van der Waals surface area contributed by atoms with Crippen LogP contribution in [0.25, 0.3) is 5.76 Å². The molecule has 1 amide bonds. The molecule has 1 aliphatic rings.